The molecule has 7 heteroatoms. The summed E-state index contributed by atoms with van der Waals surface area (Å²) in [7, 11) is 0. The van der Waals surface area contributed by atoms with Crippen molar-refractivity contribution in [1.29, 1.82) is 0 Å². The van der Waals surface area contributed by atoms with Crippen LogP contribution in [-0.2, 0) is 9.53 Å². The van der Waals surface area contributed by atoms with E-state index in [0.717, 1.165) is 15.0 Å². The molecule has 22 heavy (non-hydrogen) atoms. The Bertz CT molecular complexity index is 728. The first kappa shape index (κ1) is 16.6. The SMILES string of the molecule is Cc1nc(C)c(C(=O)OCC(=O)Nc2ccc(C)c(Br)c2)s1. The van der Waals surface area contributed by atoms with Crippen LogP contribution in [0.15, 0.2) is 22.7 Å². The van der Waals surface area contributed by atoms with Gasteiger partial charge in [-0.3, -0.25) is 4.79 Å². The summed E-state index contributed by atoms with van der Waals surface area (Å²) in [4.78, 5) is 28.3. The number of rotatable bonds is 4. The van der Waals surface area contributed by atoms with Crippen molar-refractivity contribution >= 4 is 44.8 Å². The lowest BCUT2D eigenvalue weighted by Gasteiger charge is -2.07. The van der Waals surface area contributed by atoms with Gasteiger partial charge in [0.1, 0.15) is 4.88 Å². The molecule has 1 N–H and O–H groups in total. The van der Waals surface area contributed by atoms with Crippen LogP contribution in [0, 0.1) is 20.8 Å². The van der Waals surface area contributed by atoms with Gasteiger partial charge in [0, 0.05) is 10.2 Å². The topological polar surface area (TPSA) is 68.3 Å². The second-order valence-electron chi connectivity index (χ2n) is 4.74. The second-order valence-corrected chi connectivity index (χ2v) is 6.79. The number of halogens is 1. The van der Waals surface area contributed by atoms with Gasteiger partial charge >= 0.3 is 5.97 Å². The zero-order valence-corrected chi connectivity index (χ0v) is 14.8. The van der Waals surface area contributed by atoms with Crippen molar-refractivity contribution in [3.8, 4) is 0 Å². The van der Waals surface area contributed by atoms with E-state index in [1.807, 2.05) is 19.9 Å². The van der Waals surface area contributed by atoms with Gasteiger partial charge in [-0.15, -0.1) is 11.3 Å². The van der Waals surface area contributed by atoms with Crippen molar-refractivity contribution in [2.45, 2.75) is 20.8 Å². The van der Waals surface area contributed by atoms with Crippen molar-refractivity contribution in [3.63, 3.8) is 0 Å². The second kappa shape index (κ2) is 7.02. The first-order valence-electron chi connectivity index (χ1n) is 6.54. The number of nitrogens with one attached hydrogen (secondary N) is 1. The average molecular weight is 383 g/mol. The maximum atomic E-state index is 11.9. The highest BCUT2D eigenvalue weighted by atomic mass is 79.9. The number of esters is 1. The van der Waals surface area contributed by atoms with E-state index in [1.165, 1.54) is 11.3 Å². The molecule has 0 fully saturated rings. The summed E-state index contributed by atoms with van der Waals surface area (Å²) in [6.45, 7) is 5.18. The average Bonchev–Trinajstić information content (AvgIpc) is 2.79. The number of carbonyl (C=O) groups excluding carboxylic acids is 2. The summed E-state index contributed by atoms with van der Waals surface area (Å²) in [6, 6.07) is 5.47. The highest BCUT2D eigenvalue weighted by Gasteiger charge is 2.16. The lowest BCUT2D eigenvalue weighted by atomic mass is 10.2. The number of carbonyl (C=O) groups is 2. The Morgan fingerprint density at radius 1 is 1.32 bits per heavy atom. The molecule has 0 bridgehead atoms. The highest BCUT2D eigenvalue weighted by molar-refractivity contribution is 9.10. The molecular formula is C15H15BrN2O3S. The molecule has 1 heterocycles. The lowest BCUT2D eigenvalue weighted by molar-refractivity contribution is -0.119. The molecule has 0 saturated carbocycles. The van der Waals surface area contributed by atoms with E-state index in [0.29, 0.717) is 16.3 Å². The molecule has 0 spiro atoms. The summed E-state index contributed by atoms with van der Waals surface area (Å²) >= 11 is 4.65. The fourth-order valence-electron chi connectivity index (χ4n) is 1.79. The maximum Gasteiger partial charge on any atom is 0.350 e. The van der Waals surface area contributed by atoms with E-state index in [4.69, 9.17) is 4.74 Å². The number of aromatic nitrogens is 1. The fraction of sp³-hybridized carbons (Fsp3) is 0.267. The molecule has 0 aliphatic heterocycles. The Morgan fingerprint density at radius 2 is 2.05 bits per heavy atom. The van der Waals surface area contributed by atoms with Gasteiger partial charge in [-0.25, -0.2) is 9.78 Å². The number of hydrogen-bond donors (Lipinski definition) is 1. The molecule has 0 radical (unpaired) electrons. The Kier molecular flexibility index (Phi) is 5.31. The van der Waals surface area contributed by atoms with Crippen LogP contribution in [0.5, 0.6) is 0 Å². The molecule has 1 aromatic heterocycles. The van der Waals surface area contributed by atoms with Crippen LogP contribution in [0.3, 0.4) is 0 Å². The first-order valence-corrected chi connectivity index (χ1v) is 8.15. The Morgan fingerprint density at radius 3 is 2.64 bits per heavy atom. The summed E-state index contributed by atoms with van der Waals surface area (Å²) in [5, 5.41) is 3.47. The van der Waals surface area contributed by atoms with Crippen LogP contribution in [0.25, 0.3) is 0 Å². The molecule has 0 atom stereocenters. The standard InChI is InChI=1S/C15H15BrN2O3S/c1-8-4-5-11(6-12(8)16)18-13(19)7-21-15(20)14-9(2)17-10(3)22-14/h4-6H,7H2,1-3H3,(H,18,19). The molecule has 0 unspecified atom stereocenters. The zero-order valence-electron chi connectivity index (χ0n) is 12.4. The van der Waals surface area contributed by atoms with Crippen LogP contribution >= 0.6 is 27.3 Å². The third kappa shape index (κ3) is 4.14. The fourth-order valence-corrected chi connectivity index (χ4v) is 2.98. The lowest BCUT2D eigenvalue weighted by Crippen LogP contribution is -2.20. The van der Waals surface area contributed by atoms with Gasteiger partial charge in [0.2, 0.25) is 0 Å². The van der Waals surface area contributed by atoms with Gasteiger partial charge < -0.3 is 10.1 Å². The number of benzene rings is 1. The van der Waals surface area contributed by atoms with Gasteiger partial charge in [0.25, 0.3) is 5.91 Å². The van der Waals surface area contributed by atoms with Crippen LogP contribution in [0.1, 0.15) is 25.9 Å². The normalized spacial score (nSPS) is 10.4. The van der Waals surface area contributed by atoms with E-state index in [-0.39, 0.29) is 12.5 Å². The number of thiazole rings is 1. The highest BCUT2D eigenvalue weighted by Crippen LogP contribution is 2.21. The van der Waals surface area contributed by atoms with Crippen molar-refractivity contribution in [3.05, 3.63) is 43.8 Å². The molecule has 5 nitrogen and oxygen atoms in total. The van der Waals surface area contributed by atoms with Crippen molar-refractivity contribution in [2.24, 2.45) is 0 Å². The van der Waals surface area contributed by atoms with Crippen molar-refractivity contribution in [1.82, 2.24) is 4.98 Å². The summed E-state index contributed by atoms with van der Waals surface area (Å²) < 4.78 is 5.92. The third-order valence-electron chi connectivity index (χ3n) is 2.88. The monoisotopic (exact) mass is 382 g/mol. The van der Waals surface area contributed by atoms with Crippen LogP contribution in [-0.4, -0.2) is 23.5 Å². The van der Waals surface area contributed by atoms with E-state index in [9.17, 15) is 9.59 Å². The molecule has 0 saturated heterocycles. The molecule has 0 aliphatic rings. The summed E-state index contributed by atoms with van der Waals surface area (Å²) in [5.74, 6) is -0.911. The summed E-state index contributed by atoms with van der Waals surface area (Å²) in [5.41, 5.74) is 2.33. The van der Waals surface area contributed by atoms with Crippen molar-refractivity contribution in [2.75, 3.05) is 11.9 Å². The zero-order chi connectivity index (χ0) is 16.3. The minimum absolute atomic E-state index is 0.333. The number of hydrogen-bond acceptors (Lipinski definition) is 5. The van der Waals surface area contributed by atoms with E-state index < -0.39 is 5.97 Å². The number of anilines is 1. The van der Waals surface area contributed by atoms with Gasteiger partial charge in [-0.2, -0.15) is 0 Å². The molecule has 1 aromatic carbocycles. The quantitative estimate of drug-likeness (QED) is 0.819. The molecule has 2 rings (SSSR count). The number of aryl methyl sites for hydroxylation is 3. The third-order valence-corrected chi connectivity index (χ3v) is 4.79. The minimum atomic E-state index is -0.525. The molecular weight excluding hydrogens is 368 g/mol. The largest absolute Gasteiger partial charge is 0.451 e. The maximum absolute atomic E-state index is 11.9. The van der Waals surface area contributed by atoms with Gasteiger partial charge in [-0.05, 0) is 38.5 Å². The number of ether oxygens (including phenoxy) is 1. The Hall–Kier alpha value is -1.73. The first-order chi connectivity index (χ1) is 10.4. The molecule has 0 aliphatic carbocycles. The smallest absolute Gasteiger partial charge is 0.350 e. The van der Waals surface area contributed by atoms with E-state index in [1.54, 1.807) is 19.1 Å². The van der Waals surface area contributed by atoms with Gasteiger partial charge in [0.15, 0.2) is 6.61 Å². The Balaban J connectivity index is 1.91. The molecule has 116 valence electrons. The minimum Gasteiger partial charge on any atom is -0.451 e. The number of nitrogens with zero attached hydrogens (tertiary/aromatic N) is 1. The molecule has 1 amide bonds. The van der Waals surface area contributed by atoms with Gasteiger partial charge in [0.05, 0.1) is 10.7 Å². The van der Waals surface area contributed by atoms with Crippen molar-refractivity contribution < 1.29 is 14.3 Å². The Labute approximate surface area is 140 Å². The molecule has 2 aromatic rings. The van der Waals surface area contributed by atoms with Crippen LogP contribution in [0.4, 0.5) is 5.69 Å². The van der Waals surface area contributed by atoms with Gasteiger partial charge in [-0.1, -0.05) is 22.0 Å². The van der Waals surface area contributed by atoms with Crippen LogP contribution < -0.4 is 5.32 Å². The predicted octanol–water partition coefficient (Wildman–Crippen LogP) is 3.63. The van der Waals surface area contributed by atoms with E-state index in [2.05, 4.69) is 26.2 Å². The van der Waals surface area contributed by atoms with Crippen LogP contribution in [0.2, 0.25) is 0 Å². The predicted molar refractivity (Wildman–Crippen MR) is 89.4 cm³/mol. The summed E-state index contributed by atoms with van der Waals surface area (Å²) in [6.07, 6.45) is 0. The van der Waals surface area contributed by atoms with E-state index >= 15 is 0 Å². The number of amides is 1.